The zero-order valence-corrected chi connectivity index (χ0v) is 24.6. The van der Waals surface area contributed by atoms with Gasteiger partial charge in [-0.3, -0.25) is 4.79 Å². The Morgan fingerprint density at radius 2 is 1.73 bits per heavy atom. The lowest BCUT2D eigenvalue weighted by molar-refractivity contribution is -0.379. The maximum absolute atomic E-state index is 14.2. The zero-order chi connectivity index (χ0) is 31.4. The number of benzene rings is 3. The molecule has 1 atom stereocenters. The average molecular weight is 604 g/mol. The van der Waals surface area contributed by atoms with Gasteiger partial charge in [0.1, 0.15) is 40.6 Å². The third-order valence-corrected chi connectivity index (χ3v) is 6.99. The third-order valence-electron chi connectivity index (χ3n) is 6.99. The summed E-state index contributed by atoms with van der Waals surface area (Å²) in [6, 6.07) is 17.5. The number of imidazole rings is 1. The number of aromatic nitrogens is 2. The van der Waals surface area contributed by atoms with Crippen LogP contribution in [0.15, 0.2) is 72.8 Å². The summed E-state index contributed by atoms with van der Waals surface area (Å²) in [6.45, 7) is 5.98. The number of hydrogen-bond acceptors (Lipinski definition) is 6. The van der Waals surface area contributed by atoms with Crippen LogP contribution in [0.1, 0.15) is 32.2 Å². The Kier molecular flexibility index (Phi) is 8.70. The number of nitrogens with zero attached hydrogens (tertiary/aromatic N) is 3. The van der Waals surface area contributed by atoms with Gasteiger partial charge in [0.25, 0.3) is 5.69 Å². The first-order valence-electron chi connectivity index (χ1n) is 14.1. The normalized spacial score (nSPS) is 13.5. The minimum Gasteiger partial charge on any atom is -0.444 e. The average Bonchev–Trinajstić information content (AvgIpc) is 3.34. The highest BCUT2D eigenvalue weighted by Crippen LogP contribution is 2.34. The van der Waals surface area contributed by atoms with Crippen LogP contribution < -0.4 is 15.8 Å². The van der Waals surface area contributed by atoms with Gasteiger partial charge in [-0.15, -0.1) is 0 Å². The number of halogens is 2. The van der Waals surface area contributed by atoms with Gasteiger partial charge >= 0.3 is 6.09 Å². The van der Waals surface area contributed by atoms with E-state index in [1.54, 1.807) is 74.2 Å². The molecule has 2 amide bonds. The number of fused-ring (bicyclic) bond motifs is 1. The van der Waals surface area contributed by atoms with Crippen molar-refractivity contribution in [3.8, 4) is 11.3 Å². The SMILES string of the molecule is CC(C)(C)OC(=O)N[C@@H](Cc1ccc([NH+]=O)cc1)C(=O)N1CCn2c(nc(-c3cccc(F)c3)c2Nc2ccc(F)cc2)C1. The molecule has 0 bridgehead atoms. The van der Waals surface area contributed by atoms with Crippen LogP contribution in [0.4, 0.5) is 30.8 Å². The van der Waals surface area contributed by atoms with E-state index in [9.17, 15) is 23.3 Å². The van der Waals surface area contributed by atoms with Gasteiger partial charge in [-0.1, -0.05) is 24.3 Å². The molecule has 4 aromatic rings. The molecule has 0 spiro atoms. The van der Waals surface area contributed by atoms with Crippen LogP contribution in [0.5, 0.6) is 0 Å². The standard InChI is InChI=1S/C32H32F2N6O4/c1-32(2,3)44-31(42)36-26(17-20-7-11-25(38-43)12-8-20)30(41)39-15-16-40-27(19-39)37-28(21-5-4-6-23(34)18-21)29(40)35-24-13-9-22(33)10-14-24/h4-14,18,26,35H,15-17,19H2,1-3H3,(H,36,42)/p+1/t26-/m0/s1. The van der Waals surface area contributed by atoms with Crippen molar-refractivity contribution in [2.45, 2.75) is 51.9 Å². The lowest BCUT2D eigenvalue weighted by Gasteiger charge is -2.32. The molecule has 1 aliphatic heterocycles. The van der Waals surface area contributed by atoms with E-state index < -0.39 is 23.6 Å². The molecule has 2 heterocycles. The Balaban J connectivity index is 1.44. The van der Waals surface area contributed by atoms with Crippen molar-refractivity contribution in [3.63, 3.8) is 0 Å². The number of hydrogen-bond donors (Lipinski definition) is 3. The molecule has 0 saturated heterocycles. The maximum Gasteiger partial charge on any atom is 0.408 e. The summed E-state index contributed by atoms with van der Waals surface area (Å²) in [5.74, 6) is -0.00211. The number of anilines is 2. The van der Waals surface area contributed by atoms with Crippen molar-refractivity contribution in [2.75, 3.05) is 11.9 Å². The number of carbonyl (C=O) groups excluding carboxylic acids is 2. The van der Waals surface area contributed by atoms with Crippen LogP contribution in [0, 0.1) is 16.5 Å². The largest absolute Gasteiger partial charge is 0.444 e. The summed E-state index contributed by atoms with van der Waals surface area (Å²) < 4.78 is 35.1. The smallest absolute Gasteiger partial charge is 0.408 e. The van der Waals surface area contributed by atoms with Crippen LogP contribution in [0.25, 0.3) is 11.3 Å². The van der Waals surface area contributed by atoms with Crippen molar-refractivity contribution in [2.24, 2.45) is 0 Å². The fraction of sp³-hybridized carbons (Fsp3) is 0.281. The van der Waals surface area contributed by atoms with Gasteiger partial charge in [-0.05, 0) is 62.7 Å². The molecule has 3 N–H and O–H groups in total. The minimum absolute atomic E-state index is 0.123. The first-order valence-corrected chi connectivity index (χ1v) is 14.1. The van der Waals surface area contributed by atoms with E-state index in [1.807, 2.05) is 9.74 Å². The molecule has 1 aliphatic rings. The molecular formula is C32H33F2N6O4+. The highest BCUT2D eigenvalue weighted by molar-refractivity contribution is 5.86. The highest BCUT2D eigenvalue weighted by Gasteiger charge is 2.33. The van der Waals surface area contributed by atoms with E-state index in [-0.39, 0.29) is 24.7 Å². The molecule has 12 heteroatoms. The van der Waals surface area contributed by atoms with E-state index in [4.69, 9.17) is 9.72 Å². The number of amides is 2. The van der Waals surface area contributed by atoms with E-state index >= 15 is 0 Å². The Morgan fingerprint density at radius 3 is 2.39 bits per heavy atom. The molecule has 10 nitrogen and oxygen atoms in total. The molecule has 5 rings (SSSR count). The number of carbonyl (C=O) groups is 2. The summed E-state index contributed by atoms with van der Waals surface area (Å²) in [7, 11) is 0. The number of rotatable bonds is 8. The molecule has 228 valence electrons. The van der Waals surface area contributed by atoms with Gasteiger partial charge in [-0.25, -0.2) is 18.6 Å². The second-order valence-electron chi connectivity index (χ2n) is 11.5. The molecule has 1 aromatic heterocycles. The van der Waals surface area contributed by atoms with Gasteiger partial charge in [0.2, 0.25) is 5.91 Å². The van der Waals surface area contributed by atoms with Crippen molar-refractivity contribution in [1.29, 1.82) is 0 Å². The second-order valence-corrected chi connectivity index (χ2v) is 11.5. The van der Waals surface area contributed by atoms with Gasteiger partial charge < -0.3 is 24.8 Å². The Labute approximate surface area is 253 Å². The van der Waals surface area contributed by atoms with Crippen molar-refractivity contribution < 1.29 is 28.3 Å². The summed E-state index contributed by atoms with van der Waals surface area (Å²) in [5, 5.41) is 7.83. The fourth-order valence-electron chi connectivity index (χ4n) is 4.97. The van der Waals surface area contributed by atoms with Crippen molar-refractivity contribution in [1.82, 2.24) is 19.8 Å². The number of ether oxygens (including phenoxy) is 1. The second kappa shape index (κ2) is 12.6. The van der Waals surface area contributed by atoms with Gasteiger partial charge in [0, 0.05) is 53.0 Å². The van der Waals surface area contributed by atoms with E-state index in [1.165, 1.54) is 24.3 Å². The summed E-state index contributed by atoms with van der Waals surface area (Å²) in [6.07, 6.45) is -0.569. The molecule has 44 heavy (non-hydrogen) atoms. The molecule has 0 unspecified atom stereocenters. The topological polar surface area (TPSA) is 120 Å². The van der Waals surface area contributed by atoms with Crippen LogP contribution in [-0.2, 0) is 29.0 Å². The van der Waals surface area contributed by atoms with Crippen LogP contribution in [0.3, 0.4) is 0 Å². The van der Waals surface area contributed by atoms with E-state index in [2.05, 4.69) is 10.6 Å². The Bertz CT molecular complexity index is 1670. The predicted molar refractivity (Wildman–Crippen MR) is 160 cm³/mol. The monoisotopic (exact) mass is 603 g/mol. The lowest BCUT2D eigenvalue weighted by Crippen LogP contribution is -2.55. The fourth-order valence-corrected chi connectivity index (χ4v) is 4.97. The van der Waals surface area contributed by atoms with E-state index in [0.29, 0.717) is 47.4 Å². The summed E-state index contributed by atoms with van der Waals surface area (Å²) >= 11 is 0. The molecule has 3 aromatic carbocycles. The molecule has 0 saturated carbocycles. The molecule has 0 aliphatic carbocycles. The maximum atomic E-state index is 14.2. The molecule has 0 fully saturated rings. The summed E-state index contributed by atoms with van der Waals surface area (Å²) in [5.41, 5.74) is 1.97. The first kappa shape index (κ1) is 30.3. The number of alkyl carbamates (subject to hydrolysis) is 1. The minimum atomic E-state index is -0.961. The van der Waals surface area contributed by atoms with Gasteiger partial charge in [0.05, 0.1) is 6.54 Å². The summed E-state index contributed by atoms with van der Waals surface area (Å²) in [4.78, 5) is 44.0. The molecule has 0 radical (unpaired) electrons. The zero-order valence-electron chi connectivity index (χ0n) is 24.6. The third kappa shape index (κ3) is 7.25. The molecular weight excluding hydrogens is 570 g/mol. The van der Waals surface area contributed by atoms with E-state index in [0.717, 1.165) is 5.56 Å². The predicted octanol–water partition coefficient (Wildman–Crippen LogP) is 4.53. The first-order chi connectivity index (χ1) is 21.0. The van der Waals surface area contributed by atoms with Gasteiger partial charge in [-0.2, -0.15) is 0 Å². The Morgan fingerprint density at radius 1 is 1.00 bits per heavy atom. The number of nitrogens with one attached hydrogen (secondary N) is 3. The lowest BCUT2D eigenvalue weighted by atomic mass is 10.0. The van der Waals surface area contributed by atoms with Crippen molar-refractivity contribution in [3.05, 3.63) is 101 Å². The van der Waals surface area contributed by atoms with Crippen LogP contribution in [-0.4, -0.2) is 44.6 Å². The highest BCUT2D eigenvalue weighted by atomic mass is 19.1. The quantitative estimate of drug-likeness (QED) is 0.272. The van der Waals surface area contributed by atoms with Crippen LogP contribution in [0.2, 0.25) is 0 Å². The van der Waals surface area contributed by atoms with Crippen molar-refractivity contribution >= 4 is 29.2 Å². The van der Waals surface area contributed by atoms with Gasteiger partial charge in [0.15, 0.2) is 0 Å². The Hall–Kier alpha value is -5.13. The van der Waals surface area contributed by atoms with Crippen LogP contribution >= 0.6 is 0 Å². The number of nitroso groups, excluding NO2 is 1.